The zero-order chi connectivity index (χ0) is 15.4. The second-order valence-corrected chi connectivity index (χ2v) is 5.49. The highest BCUT2D eigenvalue weighted by Crippen LogP contribution is 2.37. The van der Waals surface area contributed by atoms with Crippen molar-refractivity contribution in [2.75, 3.05) is 19.5 Å². The zero-order valence-corrected chi connectivity index (χ0v) is 13.8. The molecule has 0 radical (unpaired) electrons. The van der Waals surface area contributed by atoms with E-state index in [0.717, 1.165) is 14.8 Å². The molecule has 0 aliphatic rings. The minimum Gasteiger partial charge on any atom is -0.502 e. The zero-order valence-electron chi connectivity index (χ0n) is 11.6. The lowest BCUT2D eigenvalue weighted by molar-refractivity contribution is 0.339. The number of halogens is 2. The van der Waals surface area contributed by atoms with E-state index in [-0.39, 0.29) is 11.6 Å². The van der Waals surface area contributed by atoms with Gasteiger partial charge in [-0.05, 0) is 58.5 Å². The first kappa shape index (κ1) is 15.7. The van der Waals surface area contributed by atoms with Gasteiger partial charge in [0.2, 0.25) is 5.75 Å². The van der Waals surface area contributed by atoms with Gasteiger partial charge >= 0.3 is 0 Å². The SMILES string of the molecule is COc1cc(CNc2ccc(F)cc2I)cc(OC)c1O. The number of ether oxygens (including phenoxy) is 2. The van der Waals surface area contributed by atoms with Gasteiger partial charge in [-0.2, -0.15) is 0 Å². The Morgan fingerprint density at radius 3 is 2.29 bits per heavy atom. The van der Waals surface area contributed by atoms with E-state index in [2.05, 4.69) is 27.9 Å². The lowest BCUT2D eigenvalue weighted by Crippen LogP contribution is -2.02. The topological polar surface area (TPSA) is 50.7 Å². The van der Waals surface area contributed by atoms with Crippen LogP contribution in [0.2, 0.25) is 0 Å². The van der Waals surface area contributed by atoms with Gasteiger partial charge in [0.05, 0.1) is 14.2 Å². The molecule has 2 N–H and O–H groups in total. The number of anilines is 1. The molecule has 0 saturated carbocycles. The van der Waals surface area contributed by atoms with Gasteiger partial charge in [-0.3, -0.25) is 0 Å². The molecule has 0 atom stereocenters. The van der Waals surface area contributed by atoms with Crippen LogP contribution in [-0.2, 0) is 6.54 Å². The number of phenolic OH excluding ortho intramolecular Hbond substituents is 1. The van der Waals surface area contributed by atoms with Gasteiger partial charge in [0, 0.05) is 15.8 Å². The molecule has 0 aromatic heterocycles. The van der Waals surface area contributed by atoms with E-state index in [0.29, 0.717) is 18.0 Å². The van der Waals surface area contributed by atoms with Gasteiger partial charge in [-0.15, -0.1) is 0 Å². The second kappa shape index (κ2) is 6.84. The maximum atomic E-state index is 13.1. The standard InChI is InChI=1S/C15H15FINO3/c1-20-13-5-9(6-14(21-2)15(13)19)8-18-12-4-3-10(16)7-11(12)17/h3-7,18-19H,8H2,1-2H3. The Balaban J connectivity index is 2.19. The van der Waals surface area contributed by atoms with Crippen molar-refractivity contribution in [1.29, 1.82) is 0 Å². The summed E-state index contributed by atoms with van der Waals surface area (Å²) in [6.45, 7) is 0.495. The van der Waals surface area contributed by atoms with Crippen LogP contribution in [0.5, 0.6) is 17.2 Å². The lowest BCUT2D eigenvalue weighted by atomic mass is 10.1. The predicted molar refractivity (Wildman–Crippen MR) is 87.7 cm³/mol. The van der Waals surface area contributed by atoms with E-state index in [1.165, 1.54) is 26.4 Å². The number of phenols is 1. The Kier molecular flexibility index (Phi) is 5.11. The van der Waals surface area contributed by atoms with Crippen molar-refractivity contribution in [3.05, 3.63) is 45.3 Å². The van der Waals surface area contributed by atoms with Crippen LogP contribution in [0.3, 0.4) is 0 Å². The molecule has 2 aromatic rings. The van der Waals surface area contributed by atoms with Crippen molar-refractivity contribution in [2.45, 2.75) is 6.54 Å². The summed E-state index contributed by atoms with van der Waals surface area (Å²) in [5, 5.41) is 13.1. The molecule has 112 valence electrons. The Labute approximate surface area is 136 Å². The summed E-state index contributed by atoms with van der Waals surface area (Å²) in [5.74, 6) is 0.401. The van der Waals surface area contributed by atoms with Crippen molar-refractivity contribution >= 4 is 28.3 Å². The maximum Gasteiger partial charge on any atom is 0.200 e. The number of rotatable bonds is 5. The maximum absolute atomic E-state index is 13.1. The van der Waals surface area contributed by atoms with E-state index in [9.17, 15) is 9.50 Å². The number of benzene rings is 2. The largest absolute Gasteiger partial charge is 0.502 e. The van der Waals surface area contributed by atoms with Crippen LogP contribution in [0.15, 0.2) is 30.3 Å². The van der Waals surface area contributed by atoms with Crippen LogP contribution >= 0.6 is 22.6 Å². The Bertz CT molecular complexity index is 624. The highest BCUT2D eigenvalue weighted by atomic mass is 127. The van der Waals surface area contributed by atoms with Gasteiger partial charge in [-0.25, -0.2) is 4.39 Å². The fourth-order valence-corrected chi connectivity index (χ4v) is 2.55. The van der Waals surface area contributed by atoms with Gasteiger partial charge in [0.15, 0.2) is 11.5 Å². The van der Waals surface area contributed by atoms with E-state index in [4.69, 9.17) is 9.47 Å². The molecule has 2 aromatic carbocycles. The fourth-order valence-electron chi connectivity index (χ4n) is 1.88. The van der Waals surface area contributed by atoms with Gasteiger partial charge in [0.1, 0.15) is 5.82 Å². The Hall–Kier alpha value is -1.70. The molecular formula is C15H15FINO3. The summed E-state index contributed by atoms with van der Waals surface area (Å²) in [5.41, 5.74) is 1.71. The monoisotopic (exact) mass is 403 g/mol. The smallest absolute Gasteiger partial charge is 0.200 e. The molecule has 2 rings (SSSR count). The minimum atomic E-state index is -0.266. The summed E-state index contributed by atoms with van der Waals surface area (Å²) in [6.07, 6.45) is 0. The highest BCUT2D eigenvalue weighted by molar-refractivity contribution is 14.1. The third kappa shape index (κ3) is 3.69. The molecule has 0 aliphatic heterocycles. The number of hydrogen-bond acceptors (Lipinski definition) is 4. The van der Waals surface area contributed by atoms with Crippen LogP contribution in [-0.4, -0.2) is 19.3 Å². The summed E-state index contributed by atoms with van der Waals surface area (Å²) in [7, 11) is 2.96. The van der Waals surface area contributed by atoms with Gasteiger partial charge < -0.3 is 19.9 Å². The number of methoxy groups -OCH3 is 2. The second-order valence-electron chi connectivity index (χ2n) is 4.33. The Morgan fingerprint density at radius 1 is 1.14 bits per heavy atom. The first-order chi connectivity index (χ1) is 10.0. The van der Waals surface area contributed by atoms with Crippen LogP contribution in [0.4, 0.5) is 10.1 Å². The average molecular weight is 403 g/mol. The average Bonchev–Trinajstić information content (AvgIpc) is 2.47. The number of hydrogen-bond donors (Lipinski definition) is 2. The molecule has 0 bridgehead atoms. The van der Waals surface area contributed by atoms with E-state index >= 15 is 0 Å². The van der Waals surface area contributed by atoms with Crippen molar-refractivity contribution in [3.8, 4) is 17.2 Å². The predicted octanol–water partition coefficient (Wildman–Crippen LogP) is 3.77. The summed E-state index contributed by atoms with van der Waals surface area (Å²) < 4.78 is 24.1. The number of nitrogens with one attached hydrogen (secondary N) is 1. The molecule has 21 heavy (non-hydrogen) atoms. The van der Waals surface area contributed by atoms with Gasteiger partial charge in [-0.1, -0.05) is 0 Å². The Morgan fingerprint density at radius 2 is 1.76 bits per heavy atom. The first-order valence-electron chi connectivity index (χ1n) is 6.18. The summed E-state index contributed by atoms with van der Waals surface area (Å²) >= 11 is 2.07. The molecule has 4 nitrogen and oxygen atoms in total. The molecule has 0 fully saturated rings. The van der Waals surface area contributed by atoms with E-state index in [1.807, 2.05) is 0 Å². The van der Waals surface area contributed by atoms with Crippen molar-refractivity contribution < 1.29 is 19.0 Å². The van der Waals surface area contributed by atoms with Crippen molar-refractivity contribution in [1.82, 2.24) is 0 Å². The summed E-state index contributed by atoms with van der Waals surface area (Å²) in [6, 6.07) is 8.00. The molecule has 0 heterocycles. The van der Waals surface area contributed by atoms with Crippen LogP contribution in [0.1, 0.15) is 5.56 Å². The quantitative estimate of drug-likeness (QED) is 0.747. The lowest BCUT2D eigenvalue weighted by Gasteiger charge is -2.13. The molecular weight excluding hydrogens is 388 g/mol. The van der Waals surface area contributed by atoms with Crippen molar-refractivity contribution in [2.24, 2.45) is 0 Å². The minimum absolute atomic E-state index is 0.0277. The summed E-state index contributed by atoms with van der Waals surface area (Å²) in [4.78, 5) is 0. The van der Waals surface area contributed by atoms with E-state index < -0.39 is 0 Å². The fraction of sp³-hybridized carbons (Fsp3) is 0.200. The normalized spacial score (nSPS) is 10.3. The van der Waals surface area contributed by atoms with Crippen molar-refractivity contribution in [3.63, 3.8) is 0 Å². The molecule has 0 unspecified atom stereocenters. The van der Waals surface area contributed by atoms with E-state index in [1.54, 1.807) is 18.2 Å². The molecule has 0 amide bonds. The van der Waals surface area contributed by atoms with Crippen LogP contribution in [0.25, 0.3) is 0 Å². The van der Waals surface area contributed by atoms with Crippen LogP contribution < -0.4 is 14.8 Å². The highest BCUT2D eigenvalue weighted by Gasteiger charge is 2.11. The first-order valence-corrected chi connectivity index (χ1v) is 7.25. The molecule has 0 spiro atoms. The van der Waals surface area contributed by atoms with Crippen LogP contribution in [0, 0.1) is 9.39 Å². The molecule has 0 aliphatic carbocycles. The third-order valence-corrected chi connectivity index (χ3v) is 3.85. The number of aromatic hydroxyl groups is 1. The van der Waals surface area contributed by atoms with Gasteiger partial charge in [0.25, 0.3) is 0 Å². The third-order valence-electron chi connectivity index (χ3n) is 2.95. The molecule has 6 heteroatoms. The molecule has 0 saturated heterocycles.